The topological polar surface area (TPSA) is 62.3 Å². The van der Waals surface area contributed by atoms with Crippen LogP contribution < -0.4 is 9.62 Å². The van der Waals surface area contributed by atoms with Gasteiger partial charge in [-0.25, -0.2) is 18.1 Å². The quantitative estimate of drug-likeness (QED) is 0.903. The molecule has 0 spiro atoms. The van der Waals surface area contributed by atoms with Crippen LogP contribution >= 0.6 is 15.9 Å². The molecule has 19 heavy (non-hydrogen) atoms. The number of nitrogens with zero attached hydrogens (tertiary/aromatic N) is 2. The first-order valence-corrected chi connectivity index (χ1v) is 8.88. The van der Waals surface area contributed by atoms with Crippen LogP contribution in [-0.4, -0.2) is 38.8 Å². The Bertz CT molecular complexity index is 562. The van der Waals surface area contributed by atoms with Gasteiger partial charge in [0.25, 0.3) is 0 Å². The monoisotopic (exact) mass is 347 g/mol. The van der Waals surface area contributed by atoms with Gasteiger partial charge in [-0.05, 0) is 47.3 Å². The van der Waals surface area contributed by atoms with Gasteiger partial charge >= 0.3 is 0 Å². The minimum Gasteiger partial charge on any atom is -0.355 e. The van der Waals surface area contributed by atoms with E-state index in [0.717, 1.165) is 35.2 Å². The molecule has 1 aromatic rings. The number of hydrogen-bond acceptors (Lipinski definition) is 4. The van der Waals surface area contributed by atoms with Crippen LogP contribution in [0.4, 0.5) is 5.82 Å². The third-order valence-corrected chi connectivity index (χ3v) is 4.75. The zero-order chi connectivity index (χ0) is 14.0. The molecule has 0 saturated carbocycles. The molecule has 106 valence electrons. The fourth-order valence-corrected chi connectivity index (χ4v) is 3.30. The number of aromatic nitrogens is 1. The van der Waals surface area contributed by atoms with Crippen LogP contribution in [0.1, 0.15) is 18.4 Å². The predicted molar refractivity (Wildman–Crippen MR) is 79.9 cm³/mol. The normalized spacial score (nSPS) is 20.6. The summed E-state index contributed by atoms with van der Waals surface area (Å²) in [6, 6.07) is 1.99. The molecule has 0 bridgehead atoms. The van der Waals surface area contributed by atoms with Gasteiger partial charge in [0.05, 0.1) is 6.26 Å². The standard InChI is InChI=1S/C12H18BrN3O2S/c1-9-6-12(14-7-11(9)13)16-5-3-4-10(8-16)15-19(2,17)18/h6-7,10,15H,3-5,8H2,1-2H3/t10-/m1/s1. The number of piperidine rings is 1. The fraction of sp³-hybridized carbons (Fsp3) is 0.583. The second-order valence-electron chi connectivity index (χ2n) is 4.97. The summed E-state index contributed by atoms with van der Waals surface area (Å²) in [5, 5.41) is 0. The van der Waals surface area contributed by atoms with Crippen LogP contribution in [0.3, 0.4) is 0 Å². The van der Waals surface area contributed by atoms with Crippen molar-refractivity contribution in [2.45, 2.75) is 25.8 Å². The van der Waals surface area contributed by atoms with Gasteiger partial charge in [-0.3, -0.25) is 0 Å². The molecule has 1 saturated heterocycles. The van der Waals surface area contributed by atoms with Crippen LogP contribution in [0.25, 0.3) is 0 Å². The highest BCUT2D eigenvalue weighted by molar-refractivity contribution is 9.10. The Kier molecular flexibility index (Phi) is 4.47. The average molecular weight is 348 g/mol. The largest absolute Gasteiger partial charge is 0.355 e. The Morgan fingerprint density at radius 2 is 2.26 bits per heavy atom. The first-order valence-electron chi connectivity index (χ1n) is 6.19. The van der Waals surface area contributed by atoms with E-state index in [0.29, 0.717) is 6.54 Å². The predicted octanol–water partition coefficient (Wildman–Crippen LogP) is 1.67. The van der Waals surface area contributed by atoms with Gasteiger partial charge in [-0.1, -0.05) is 0 Å². The van der Waals surface area contributed by atoms with Gasteiger partial charge in [0.1, 0.15) is 5.82 Å². The molecule has 7 heteroatoms. The second kappa shape index (κ2) is 5.76. The molecule has 5 nitrogen and oxygen atoms in total. The molecule has 0 radical (unpaired) electrons. The molecule has 1 N–H and O–H groups in total. The van der Waals surface area contributed by atoms with Crippen LogP contribution in [0.5, 0.6) is 0 Å². The van der Waals surface area contributed by atoms with Crippen molar-refractivity contribution >= 4 is 31.8 Å². The van der Waals surface area contributed by atoms with E-state index in [-0.39, 0.29) is 6.04 Å². The molecule has 0 aliphatic carbocycles. The van der Waals surface area contributed by atoms with E-state index in [4.69, 9.17) is 0 Å². The minimum absolute atomic E-state index is 0.0329. The number of anilines is 1. The van der Waals surface area contributed by atoms with E-state index in [1.165, 1.54) is 6.26 Å². The molecular weight excluding hydrogens is 330 g/mol. The number of aryl methyl sites for hydroxylation is 1. The number of pyridine rings is 1. The van der Waals surface area contributed by atoms with Gasteiger partial charge in [-0.15, -0.1) is 0 Å². The van der Waals surface area contributed by atoms with E-state index in [9.17, 15) is 8.42 Å². The van der Waals surface area contributed by atoms with E-state index in [1.54, 1.807) is 6.20 Å². The van der Waals surface area contributed by atoms with Crippen molar-refractivity contribution in [3.8, 4) is 0 Å². The molecular formula is C12H18BrN3O2S. The third-order valence-electron chi connectivity index (χ3n) is 3.16. The summed E-state index contributed by atoms with van der Waals surface area (Å²) in [5.41, 5.74) is 1.13. The van der Waals surface area contributed by atoms with E-state index in [2.05, 4.69) is 30.5 Å². The summed E-state index contributed by atoms with van der Waals surface area (Å²) in [5.74, 6) is 0.903. The molecule has 0 amide bonds. The van der Waals surface area contributed by atoms with Crippen molar-refractivity contribution in [3.63, 3.8) is 0 Å². The molecule has 1 aliphatic heterocycles. The number of rotatable bonds is 3. The molecule has 1 atom stereocenters. The zero-order valence-electron chi connectivity index (χ0n) is 11.1. The first-order chi connectivity index (χ1) is 8.85. The highest BCUT2D eigenvalue weighted by atomic mass is 79.9. The third kappa shape index (κ3) is 4.15. The van der Waals surface area contributed by atoms with Crippen molar-refractivity contribution < 1.29 is 8.42 Å². The molecule has 1 aromatic heterocycles. The maximum atomic E-state index is 11.3. The van der Waals surface area contributed by atoms with E-state index >= 15 is 0 Å². The van der Waals surface area contributed by atoms with Gasteiger partial charge in [0.2, 0.25) is 10.0 Å². The van der Waals surface area contributed by atoms with Gasteiger partial charge < -0.3 is 4.90 Å². The Balaban J connectivity index is 2.10. The van der Waals surface area contributed by atoms with Crippen LogP contribution in [0.15, 0.2) is 16.7 Å². The smallest absolute Gasteiger partial charge is 0.209 e. The highest BCUT2D eigenvalue weighted by Gasteiger charge is 2.23. The molecule has 2 rings (SSSR count). The molecule has 0 unspecified atom stereocenters. The van der Waals surface area contributed by atoms with Crippen LogP contribution in [0, 0.1) is 6.92 Å². The Labute approximate surface area is 122 Å². The maximum Gasteiger partial charge on any atom is 0.209 e. The number of sulfonamides is 1. The Morgan fingerprint density at radius 3 is 2.89 bits per heavy atom. The summed E-state index contributed by atoms with van der Waals surface area (Å²) in [4.78, 5) is 6.53. The summed E-state index contributed by atoms with van der Waals surface area (Å²) in [6.07, 6.45) is 4.83. The van der Waals surface area contributed by atoms with Gasteiger partial charge in [0.15, 0.2) is 0 Å². The molecule has 2 heterocycles. The summed E-state index contributed by atoms with van der Waals surface area (Å²) in [7, 11) is -3.15. The van der Waals surface area contributed by atoms with Crippen LogP contribution in [-0.2, 0) is 10.0 Å². The number of halogens is 1. The van der Waals surface area contributed by atoms with E-state index < -0.39 is 10.0 Å². The average Bonchev–Trinajstić information content (AvgIpc) is 2.31. The van der Waals surface area contributed by atoms with Gasteiger partial charge in [-0.2, -0.15) is 0 Å². The molecule has 0 aromatic carbocycles. The molecule has 1 fully saturated rings. The van der Waals surface area contributed by atoms with Crippen molar-refractivity contribution in [1.29, 1.82) is 0 Å². The summed E-state index contributed by atoms with van der Waals surface area (Å²) >= 11 is 3.43. The fourth-order valence-electron chi connectivity index (χ4n) is 2.28. The lowest BCUT2D eigenvalue weighted by atomic mass is 10.1. The van der Waals surface area contributed by atoms with Gasteiger partial charge in [0, 0.05) is 29.8 Å². The minimum atomic E-state index is -3.15. The van der Waals surface area contributed by atoms with Crippen LogP contribution in [0.2, 0.25) is 0 Å². The summed E-state index contributed by atoms with van der Waals surface area (Å²) in [6.45, 7) is 3.60. The lowest BCUT2D eigenvalue weighted by Crippen LogP contribution is -2.47. The number of nitrogens with one attached hydrogen (secondary N) is 1. The number of hydrogen-bond donors (Lipinski definition) is 1. The lowest BCUT2D eigenvalue weighted by Gasteiger charge is -2.33. The Morgan fingerprint density at radius 1 is 1.53 bits per heavy atom. The highest BCUT2D eigenvalue weighted by Crippen LogP contribution is 2.22. The second-order valence-corrected chi connectivity index (χ2v) is 7.60. The van der Waals surface area contributed by atoms with Crippen molar-refractivity contribution in [2.75, 3.05) is 24.2 Å². The first kappa shape index (κ1) is 14.7. The zero-order valence-corrected chi connectivity index (χ0v) is 13.5. The van der Waals surface area contributed by atoms with E-state index in [1.807, 2.05) is 13.0 Å². The Hall–Kier alpha value is -0.660. The SMILES string of the molecule is Cc1cc(N2CCC[C@@H](NS(C)(=O)=O)C2)ncc1Br. The summed E-state index contributed by atoms with van der Waals surface area (Å²) < 4.78 is 26.2. The van der Waals surface area contributed by atoms with Crippen molar-refractivity contribution in [3.05, 3.63) is 22.3 Å². The lowest BCUT2D eigenvalue weighted by molar-refractivity contribution is 0.465. The van der Waals surface area contributed by atoms with Crippen molar-refractivity contribution in [2.24, 2.45) is 0 Å². The maximum absolute atomic E-state index is 11.3. The van der Waals surface area contributed by atoms with Crippen molar-refractivity contribution in [1.82, 2.24) is 9.71 Å². The molecule has 1 aliphatic rings.